The molecule has 28 heavy (non-hydrogen) atoms. The maximum absolute atomic E-state index is 13.6. The van der Waals surface area contributed by atoms with Crippen LogP contribution in [0.3, 0.4) is 0 Å². The van der Waals surface area contributed by atoms with Crippen LogP contribution in [0, 0.1) is 11.7 Å². The van der Waals surface area contributed by atoms with Gasteiger partial charge in [0.25, 0.3) is 0 Å². The van der Waals surface area contributed by atoms with Gasteiger partial charge in [0.2, 0.25) is 0 Å². The number of hydrogen-bond acceptors (Lipinski definition) is 1. The molecule has 1 aromatic heterocycles. The molecule has 3 aromatic carbocycles. The van der Waals surface area contributed by atoms with Gasteiger partial charge >= 0.3 is 0 Å². The van der Waals surface area contributed by atoms with Crippen LogP contribution in [0.25, 0.3) is 10.9 Å². The molecule has 2 heterocycles. The number of aromatic nitrogens is 1. The standard InChI is InChI=1S/C25H23FN2/c26-23-12-11-20-13-14-27(24(20)15-23)16-19-17-28(18-19)25(21-7-3-1-4-8-21)22-9-5-2-6-10-22/h1-15,19,25H,16-18H2. The van der Waals surface area contributed by atoms with Crippen molar-refractivity contribution in [3.05, 3.63) is 108 Å². The molecule has 1 saturated heterocycles. The third-order valence-corrected chi connectivity index (χ3v) is 5.77. The van der Waals surface area contributed by atoms with Crippen molar-refractivity contribution < 1.29 is 4.39 Å². The van der Waals surface area contributed by atoms with E-state index in [1.54, 1.807) is 6.07 Å². The lowest BCUT2D eigenvalue weighted by molar-refractivity contribution is 0.0589. The van der Waals surface area contributed by atoms with Crippen LogP contribution in [0.5, 0.6) is 0 Å². The summed E-state index contributed by atoms with van der Waals surface area (Å²) in [5.74, 6) is 0.407. The van der Waals surface area contributed by atoms with E-state index in [9.17, 15) is 4.39 Å². The molecule has 0 amide bonds. The molecular formula is C25H23FN2. The lowest BCUT2D eigenvalue weighted by Crippen LogP contribution is -2.50. The second kappa shape index (κ2) is 7.25. The zero-order valence-electron chi connectivity index (χ0n) is 15.7. The van der Waals surface area contributed by atoms with Crippen molar-refractivity contribution in [3.8, 4) is 0 Å². The summed E-state index contributed by atoms with van der Waals surface area (Å²) in [6.45, 7) is 3.02. The van der Waals surface area contributed by atoms with Crippen molar-refractivity contribution in [2.75, 3.05) is 13.1 Å². The quantitative estimate of drug-likeness (QED) is 0.450. The lowest BCUT2D eigenvalue weighted by Gasteiger charge is -2.45. The summed E-state index contributed by atoms with van der Waals surface area (Å²) in [5.41, 5.74) is 3.65. The number of likely N-dealkylation sites (tertiary alicyclic amines) is 1. The highest BCUT2D eigenvalue weighted by atomic mass is 19.1. The Hall–Kier alpha value is -2.91. The first-order valence-corrected chi connectivity index (χ1v) is 9.86. The maximum Gasteiger partial charge on any atom is 0.125 e. The fourth-order valence-corrected chi connectivity index (χ4v) is 4.42. The van der Waals surface area contributed by atoms with Crippen molar-refractivity contribution in [3.63, 3.8) is 0 Å². The zero-order valence-corrected chi connectivity index (χ0v) is 15.7. The van der Waals surface area contributed by atoms with Crippen LogP contribution in [-0.2, 0) is 6.54 Å². The van der Waals surface area contributed by atoms with E-state index in [0.29, 0.717) is 5.92 Å². The first-order valence-electron chi connectivity index (χ1n) is 9.86. The fraction of sp³-hybridized carbons (Fsp3) is 0.200. The molecule has 0 spiro atoms. The summed E-state index contributed by atoms with van der Waals surface area (Å²) in [5, 5.41) is 1.10. The SMILES string of the molecule is Fc1ccc2ccn(CC3CN(C(c4ccccc4)c4ccccc4)C3)c2c1. The molecule has 0 bridgehead atoms. The van der Waals surface area contributed by atoms with Gasteiger partial charge in [-0.25, -0.2) is 4.39 Å². The molecule has 1 fully saturated rings. The maximum atomic E-state index is 13.6. The van der Waals surface area contributed by atoms with Gasteiger partial charge in [0.1, 0.15) is 5.82 Å². The monoisotopic (exact) mass is 370 g/mol. The molecule has 140 valence electrons. The largest absolute Gasteiger partial charge is 0.347 e. The molecule has 3 heteroatoms. The van der Waals surface area contributed by atoms with Gasteiger partial charge in [-0.2, -0.15) is 0 Å². The van der Waals surface area contributed by atoms with E-state index in [2.05, 4.69) is 82.4 Å². The second-order valence-corrected chi connectivity index (χ2v) is 7.72. The van der Waals surface area contributed by atoms with Crippen LogP contribution in [0.1, 0.15) is 17.2 Å². The zero-order chi connectivity index (χ0) is 18.9. The highest BCUT2D eigenvalue weighted by Crippen LogP contribution is 2.35. The molecule has 0 aliphatic carbocycles. The summed E-state index contributed by atoms with van der Waals surface area (Å²) in [6.07, 6.45) is 2.08. The Morgan fingerprint density at radius 1 is 0.821 bits per heavy atom. The predicted octanol–water partition coefficient (Wildman–Crippen LogP) is 5.50. The number of benzene rings is 3. The molecule has 2 nitrogen and oxygen atoms in total. The second-order valence-electron chi connectivity index (χ2n) is 7.72. The van der Waals surface area contributed by atoms with E-state index in [1.165, 1.54) is 17.2 Å². The first-order chi connectivity index (χ1) is 13.8. The van der Waals surface area contributed by atoms with Gasteiger partial charge in [-0.3, -0.25) is 4.90 Å². The van der Waals surface area contributed by atoms with Crippen LogP contribution in [0.4, 0.5) is 4.39 Å². The molecular weight excluding hydrogens is 347 g/mol. The van der Waals surface area contributed by atoms with Gasteiger partial charge in [0, 0.05) is 31.7 Å². The smallest absolute Gasteiger partial charge is 0.125 e. The van der Waals surface area contributed by atoms with Gasteiger partial charge in [-0.1, -0.05) is 60.7 Å². The molecule has 0 atom stereocenters. The van der Waals surface area contributed by atoms with E-state index >= 15 is 0 Å². The van der Waals surface area contributed by atoms with Crippen LogP contribution in [0.15, 0.2) is 91.1 Å². The number of rotatable bonds is 5. The molecule has 0 unspecified atom stereocenters. The highest BCUT2D eigenvalue weighted by Gasteiger charge is 2.34. The predicted molar refractivity (Wildman–Crippen MR) is 112 cm³/mol. The van der Waals surface area contributed by atoms with Crippen molar-refractivity contribution in [1.82, 2.24) is 9.47 Å². The van der Waals surface area contributed by atoms with E-state index < -0.39 is 0 Å². The number of halogens is 1. The van der Waals surface area contributed by atoms with E-state index in [4.69, 9.17) is 0 Å². The van der Waals surface area contributed by atoms with Crippen LogP contribution in [0.2, 0.25) is 0 Å². The summed E-state index contributed by atoms with van der Waals surface area (Å²) >= 11 is 0. The summed E-state index contributed by atoms with van der Waals surface area (Å²) in [6, 6.07) is 28.8. The number of hydrogen-bond donors (Lipinski definition) is 0. The van der Waals surface area contributed by atoms with Gasteiger partial charge in [0.15, 0.2) is 0 Å². The third-order valence-electron chi connectivity index (χ3n) is 5.77. The fourth-order valence-electron chi connectivity index (χ4n) is 4.42. The molecule has 0 saturated carbocycles. The average Bonchev–Trinajstić information content (AvgIpc) is 3.10. The van der Waals surface area contributed by atoms with E-state index in [1.807, 2.05) is 6.07 Å². The summed E-state index contributed by atoms with van der Waals surface area (Å²) in [4.78, 5) is 2.54. The van der Waals surface area contributed by atoms with Crippen molar-refractivity contribution in [2.24, 2.45) is 5.92 Å². The van der Waals surface area contributed by atoms with Crippen molar-refractivity contribution in [1.29, 1.82) is 0 Å². The molecule has 1 aliphatic heterocycles. The normalized spacial score (nSPS) is 15.2. The third kappa shape index (κ3) is 3.23. The molecule has 0 radical (unpaired) electrons. The number of fused-ring (bicyclic) bond motifs is 1. The van der Waals surface area contributed by atoms with Gasteiger partial charge in [-0.15, -0.1) is 0 Å². The van der Waals surface area contributed by atoms with Crippen LogP contribution in [-0.4, -0.2) is 22.6 Å². The Morgan fingerprint density at radius 3 is 2.11 bits per heavy atom. The van der Waals surface area contributed by atoms with Crippen LogP contribution < -0.4 is 0 Å². The minimum Gasteiger partial charge on any atom is -0.347 e. The van der Waals surface area contributed by atoms with Gasteiger partial charge in [-0.05, 0) is 40.8 Å². The van der Waals surface area contributed by atoms with Gasteiger partial charge in [0.05, 0.1) is 11.6 Å². The van der Waals surface area contributed by atoms with E-state index in [0.717, 1.165) is 30.5 Å². The minimum atomic E-state index is -0.170. The average molecular weight is 370 g/mol. The van der Waals surface area contributed by atoms with E-state index in [-0.39, 0.29) is 11.9 Å². The highest BCUT2D eigenvalue weighted by molar-refractivity contribution is 5.80. The molecule has 5 rings (SSSR count). The Morgan fingerprint density at radius 2 is 1.46 bits per heavy atom. The van der Waals surface area contributed by atoms with Crippen LogP contribution >= 0.6 is 0 Å². The topological polar surface area (TPSA) is 8.17 Å². The Bertz CT molecular complexity index is 1030. The van der Waals surface area contributed by atoms with Crippen molar-refractivity contribution >= 4 is 10.9 Å². The molecule has 1 aliphatic rings. The Balaban J connectivity index is 1.34. The lowest BCUT2D eigenvalue weighted by atomic mass is 9.90. The number of nitrogens with zero attached hydrogens (tertiary/aromatic N) is 2. The van der Waals surface area contributed by atoms with Crippen molar-refractivity contribution in [2.45, 2.75) is 12.6 Å². The first kappa shape index (κ1) is 17.2. The molecule has 0 N–H and O–H groups in total. The Kier molecular flexibility index (Phi) is 4.46. The van der Waals surface area contributed by atoms with Gasteiger partial charge < -0.3 is 4.57 Å². The molecule has 4 aromatic rings. The summed E-state index contributed by atoms with van der Waals surface area (Å²) < 4.78 is 15.8. The summed E-state index contributed by atoms with van der Waals surface area (Å²) in [7, 11) is 0. The Labute approximate surface area is 164 Å². The minimum absolute atomic E-state index is 0.170.